The fourth-order valence-electron chi connectivity index (χ4n) is 2.33. The largest absolute Gasteiger partial charge is 0.481 e. The Hall–Kier alpha value is -3.37. The van der Waals surface area contributed by atoms with Gasteiger partial charge in [-0.1, -0.05) is 12.1 Å². The SMILES string of the molecule is CC(=O)C(C(=O)O)C(c1ccc([N+](=O)[O-])cc1)C(C(=O)O)[N+](=O)[O-]. The average molecular weight is 340 g/mol. The van der Waals surface area contributed by atoms with E-state index in [9.17, 15) is 39.7 Å². The minimum absolute atomic E-state index is 0.174. The van der Waals surface area contributed by atoms with E-state index in [2.05, 4.69) is 0 Å². The lowest BCUT2D eigenvalue weighted by molar-refractivity contribution is -0.515. The molecule has 0 fully saturated rings. The van der Waals surface area contributed by atoms with E-state index in [4.69, 9.17) is 5.11 Å². The first kappa shape index (κ1) is 18.7. The molecule has 1 aromatic carbocycles. The van der Waals surface area contributed by atoms with Gasteiger partial charge in [-0.3, -0.25) is 29.8 Å². The van der Waals surface area contributed by atoms with Crippen molar-refractivity contribution in [2.45, 2.75) is 18.9 Å². The number of carbonyl (C=O) groups is 3. The molecule has 0 saturated carbocycles. The Balaban J connectivity index is 3.54. The second kappa shape index (κ2) is 7.26. The second-order valence-electron chi connectivity index (χ2n) is 4.87. The van der Waals surface area contributed by atoms with Crippen molar-refractivity contribution in [2.75, 3.05) is 0 Å². The highest BCUT2D eigenvalue weighted by Crippen LogP contribution is 2.32. The van der Waals surface area contributed by atoms with Gasteiger partial charge in [-0.15, -0.1) is 0 Å². The number of hydrogen-bond acceptors (Lipinski definition) is 7. The van der Waals surface area contributed by atoms with Gasteiger partial charge in [0.15, 0.2) is 0 Å². The van der Waals surface area contributed by atoms with Gasteiger partial charge in [0.05, 0.1) is 10.8 Å². The van der Waals surface area contributed by atoms with Gasteiger partial charge in [0.2, 0.25) is 0 Å². The molecule has 0 aliphatic heterocycles. The fourth-order valence-corrected chi connectivity index (χ4v) is 2.33. The van der Waals surface area contributed by atoms with Crippen molar-refractivity contribution in [3.8, 4) is 0 Å². The summed E-state index contributed by atoms with van der Waals surface area (Å²) in [7, 11) is 0. The number of carboxylic acid groups (broad SMARTS) is 2. The molecule has 1 aromatic rings. The Kier molecular flexibility index (Phi) is 5.65. The zero-order valence-corrected chi connectivity index (χ0v) is 12.2. The maximum atomic E-state index is 11.6. The minimum atomic E-state index is -2.41. The van der Waals surface area contributed by atoms with Crippen LogP contribution >= 0.6 is 0 Å². The summed E-state index contributed by atoms with van der Waals surface area (Å²) in [6, 6.07) is 1.49. The smallest absolute Gasteiger partial charge is 0.379 e. The third-order valence-corrected chi connectivity index (χ3v) is 3.37. The first-order valence-corrected chi connectivity index (χ1v) is 6.41. The summed E-state index contributed by atoms with van der Waals surface area (Å²) >= 11 is 0. The van der Waals surface area contributed by atoms with E-state index in [1.165, 1.54) is 0 Å². The number of Topliss-reactive ketones (excluding diaryl/α,β-unsaturated/α-hetero) is 1. The number of nitro groups is 2. The van der Waals surface area contributed by atoms with Crippen molar-refractivity contribution in [1.82, 2.24) is 0 Å². The van der Waals surface area contributed by atoms with E-state index >= 15 is 0 Å². The molecule has 3 unspecified atom stereocenters. The number of carboxylic acids is 2. The van der Waals surface area contributed by atoms with Crippen LogP contribution < -0.4 is 0 Å². The van der Waals surface area contributed by atoms with Gasteiger partial charge >= 0.3 is 18.0 Å². The summed E-state index contributed by atoms with van der Waals surface area (Å²) in [4.78, 5) is 54.0. The van der Waals surface area contributed by atoms with Gasteiger partial charge in [-0.2, -0.15) is 0 Å². The van der Waals surface area contributed by atoms with Crippen LogP contribution in [0.2, 0.25) is 0 Å². The van der Waals surface area contributed by atoms with Crippen LogP contribution in [-0.4, -0.2) is 43.8 Å². The molecule has 24 heavy (non-hydrogen) atoms. The molecule has 0 heterocycles. The first-order valence-electron chi connectivity index (χ1n) is 6.41. The normalized spacial score (nSPS) is 14.2. The van der Waals surface area contributed by atoms with Gasteiger partial charge < -0.3 is 10.2 Å². The zero-order valence-electron chi connectivity index (χ0n) is 12.2. The highest BCUT2D eigenvalue weighted by atomic mass is 16.6. The van der Waals surface area contributed by atoms with Crippen molar-refractivity contribution in [1.29, 1.82) is 0 Å². The fraction of sp³-hybridized carbons (Fsp3) is 0.308. The molecule has 2 N–H and O–H groups in total. The third kappa shape index (κ3) is 3.88. The highest BCUT2D eigenvalue weighted by molar-refractivity contribution is 5.98. The molecule has 3 atom stereocenters. The standard InChI is InChI=1S/C13H12N2O9/c1-6(16)9(12(17)18)10(11(13(19)20)15(23)24)7-2-4-8(5-3-7)14(21)22/h2-5,9-11H,1H3,(H,17,18)(H,19,20). The van der Waals surface area contributed by atoms with Crippen LogP contribution in [0.5, 0.6) is 0 Å². The quantitative estimate of drug-likeness (QED) is 0.391. The lowest BCUT2D eigenvalue weighted by Crippen LogP contribution is -2.43. The molecule has 0 bridgehead atoms. The molecule has 0 amide bonds. The lowest BCUT2D eigenvalue weighted by Gasteiger charge is -2.23. The minimum Gasteiger partial charge on any atom is -0.481 e. The van der Waals surface area contributed by atoms with E-state index in [1.54, 1.807) is 0 Å². The number of nitrogens with zero attached hydrogens (tertiary/aromatic N) is 2. The van der Waals surface area contributed by atoms with Crippen molar-refractivity contribution >= 4 is 23.4 Å². The molecular weight excluding hydrogens is 328 g/mol. The molecule has 0 aliphatic carbocycles. The van der Waals surface area contributed by atoms with Crippen LogP contribution in [0.25, 0.3) is 0 Å². The molecule has 0 saturated heterocycles. The third-order valence-electron chi connectivity index (χ3n) is 3.37. The number of nitro benzene ring substituents is 1. The molecule has 11 heteroatoms. The van der Waals surface area contributed by atoms with Crippen LogP contribution in [0.4, 0.5) is 5.69 Å². The van der Waals surface area contributed by atoms with Crippen LogP contribution in [0.1, 0.15) is 18.4 Å². The number of aliphatic carboxylic acids is 2. The van der Waals surface area contributed by atoms with Crippen LogP contribution in [-0.2, 0) is 14.4 Å². The van der Waals surface area contributed by atoms with Crippen LogP contribution in [0.3, 0.4) is 0 Å². The Morgan fingerprint density at radius 1 is 1.00 bits per heavy atom. The first-order chi connectivity index (χ1) is 11.1. The van der Waals surface area contributed by atoms with E-state index in [0.717, 1.165) is 31.2 Å². The topological polar surface area (TPSA) is 178 Å². The van der Waals surface area contributed by atoms with Crippen molar-refractivity contribution in [3.05, 3.63) is 50.1 Å². The van der Waals surface area contributed by atoms with Gasteiger partial charge in [0.25, 0.3) is 5.69 Å². The van der Waals surface area contributed by atoms with Crippen molar-refractivity contribution < 1.29 is 34.4 Å². The van der Waals surface area contributed by atoms with E-state index in [1.807, 2.05) is 0 Å². The Morgan fingerprint density at radius 2 is 1.50 bits per heavy atom. The summed E-state index contributed by atoms with van der Waals surface area (Å²) in [5, 5.41) is 40.0. The number of rotatable bonds is 8. The second-order valence-corrected chi connectivity index (χ2v) is 4.87. The van der Waals surface area contributed by atoms with E-state index in [-0.39, 0.29) is 11.3 Å². The highest BCUT2D eigenvalue weighted by Gasteiger charge is 2.49. The average Bonchev–Trinajstić information content (AvgIpc) is 2.45. The molecule has 0 spiro atoms. The zero-order chi connectivity index (χ0) is 18.6. The number of non-ortho nitro benzene ring substituents is 1. The maximum Gasteiger partial charge on any atom is 0.379 e. The van der Waals surface area contributed by atoms with Crippen LogP contribution in [0, 0.1) is 26.1 Å². The Bertz CT molecular complexity index is 638. The molecule has 0 aliphatic rings. The molecule has 0 aromatic heterocycles. The number of ketones is 1. The van der Waals surface area contributed by atoms with E-state index in [0.29, 0.717) is 0 Å². The maximum absolute atomic E-state index is 11.6. The summed E-state index contributed by atoms with van der Waals surface area (Å²) in [6.07, 6.45) is 0. The predicted molar refractivity (Wildman–Crippen MR) is 76.1 cm³/mol. The van der Waals surface area contributed by atoms with Crippen LogP contribution in [0.15, 0.2) is 24.3 Å². The number of hydrogen-bond donors (Lipinski definition) is 2. The molecule has 0 radical (unpaired) electrons. The van der Waals surface area contributed by atoms with Gasteiger partial charge in [-0.25, -0.2) is 4.79 Å². The summed E-state index contributed by atoms with van der Waals surface area (Å²) in [6.45, 7) is 0.871. The molecule has 128 valence electrons. The number of benzene rings is 1. The van der Waals surface area contributed by atoms with E-state index < -0.39 is 45.4 Å². The van der Waals surface area contributed by atoms with Crippen molar-refractivity contribution in [3.63, 3.8) is 0 Å². The number of carbonyl (C=O) groups excluding carboxylic acids is 1. The van der Waals surface area contributed by atoms with Gasteiger partial charge in [-0.05, 0) is 12.5 Å². The Morgan fingerprint density at radius 3 is 1.79 bits per heavy atom. The van der Waals surface area contributed by atoms with Crippen molar-refractivity contribution in [2.24, 2.45) is 5.92 Å². The summed E-state index contributed by atoms with van der Waals surface area (Å²) in [5.74, 6) is -8.43. The molecule has 11 nitrogen and oxygen atoms in total. The summed E-state index contributed by atoms with van der Waals surface area (Å²) in [5.41, 5.74) is -0.549. The van der Waals surface area contributed by atoms with Gasteiger partial charge in [0, 0.05) is 17.1 Å². The molecule has 1 rings (SSSR count). The summed E-state index contributed by atoms with van der Waals surface area (Å²) < 4.78 is 0. The molecular formula is C13H12N2O9. The predicted octanol–water partition coefficient (Wildman–Crippen LogP) is 0.698. The Labute approximate surface area is 133 Å². The monoisotopic (exact) mass is 340 g/mol. The van der Waals surface area contributed by atoms with Gasteiger partial charge in [0.1, 0.15) is 11.7 Å². The lowest BCUT2D eigenvalue weighted by atomic mass is 9.78.